The van der Waals surface area contributed by atoms with Gasteiger partial charge in [-0.2, -0.15) is 0 Å². The molecule has 2 rings (SSSR count). The Labute approximate surface area is 124 Å². The molecule has 2 N–H and O–H groups in total. The smallest absolute Gasteiger partial charge is 0.0594 e. The van der Waals surface area contributed by atoms with Crippen LogP contribution in [0.1, 0.15) is 33.1 Å². The monoisotopic (exact) mass is 283 g/mol. The van der Waals surface area contributed by atoms with Crippen LogP contribution < -0.4 is 10.6 Å². The summed E-state index contributed by atoms with van der Waals surface area (Å²) < 4.78 is 5.49. The van der Waals surface area contributed by atoms with Crippen molar-refractivity contribution in [1.29, 1.82) is 0 Å². The highest BCUT2D eigenvalue weighted by molar-refractivity contribution is 4.79. The van der Waals surface area contributed by atoms with Crippen LogP contribution in [0.2, 0.25) is 0 Å². The van der Waals surface area contributed by atoms with E-state index in [4.69, 9.17) is 4.74 Å². The van der Waals surface area contributed by atoms with Gasteiger partial charge in [-0.1, -0.05) is 13.8 Å². The summed E-state index contributed by atoms with van der Waals surface area (Å²) in [5, 5.41) is 7.19. The van der Waals surface area contributed by atoms with Crippen LogP contribution in [0.3, 0.4) is 0 Å². The largest absolute Gasteiger partial charge is 0.379 e. The molecule has 20 heavy (non-hydrogen) atoms. The van der Waals surface area contributed by atoms with Crippen molar-refractivity contribution in [2.45, 2.75) is 39.2 Å². The van der Waals surface area contributed by atoms with Crippen LogP contribution in [-0.2, 0) is 4.74 Å². The molecule has 0 saturated carbocycles. The minimum Gasteiger partial charge on any atom is -0.379 e. The van der Waals surface area contributed by atoms with E-state index in [0.29, 0.717) is 6.04 Å². The van der Waals surface area contributed by atoms with Gasteiger partial charge in [-0.25, -0.2) is 0 Å². The zero-order valence-corrected chi connectivity index (χ0v) is 13.4. The third-order valence-electron chi connectivity index (χ3n) is 4.58. The molecule has 0 radical (unpaired) electrons. The van der Waals surface area contributed by atoms with E-state index < -0.39 is 0 Å². The maximum atomic E-state index is 5.49. The van der Waals surface area contributed by atoms with E-state index in [0.717, 1.165) is 44.7 Å². The molecule has 2 aliphatic rings. The number of rotatable bonds is 7. The summed E-state index contributed by atoms with van der Waals surface area (Å²) >= 11 is 0. The maximum absolute atomic E-state index is 5.49. The van der Waals surface area contributed by atoms with Crippen molar-refractivity contribution in [3.8, 4) is 0 Å². The molecule has 118 valence electrons. The van der Waals surface area contributed by atoms with Gasteiger partial charge < -0.3 is 15.4 Å². The van der Waals surface area contributed by atoms with E-state index in [1.54, 1.807) is 0 Å². The molecule has 4 nitrogen and oxygen atoms in total. The fourth-order valence-electron chi connectivity index (χ4n) is 3.39. The van der Waals surface area contributed by atoms with Crippen LogP contribution in [0.5, 0.6) is 0 Å². The molecule has 2 fully saturated rings. The van der Waals surface area contributed by atoms with Crippen molar-refractivity contribution in [2.24, 2.45) is 11.8 Å². The van der Waals surface area contributed by atoms with Crippen molar-refractivity contribution in [2.75, 3.05) is 52.5 Å². The molecule has 0 bridgehead atoms. The van der Waals surface area contributed by atoms with Gasteiger partial charge in [-0.15, -0.1) is 0 Å². The second kappa shape index (κ2) is 8.98. The Balaban J connectivity index is 1.71. The van der Waals surface area contributed by atoms with E-state index in [1.807, 2.05) is 0 Å². The van der Waals surface area contributed by atoms with Crippen molar-refractivity contribution in [3.05, 3.63) is 0 Å². The topological polar surface area (TPSA) is 36.5 Å². The second-order valence-electron chi connectivity index (χ2n) is 6.78. The van der Waals surface area contributed by atoms with Gasteiger partial charge in [0.15, 0.2) is 0 Å². The van der Waals surface area contributed by atoms with Crippen LogP contribution in [0, 0.1) is 11.8 Å². The van der Waals surface area contributed by atoms with Gasteiger partial charge in [0.05, 0.1) is 13.2 Å². The molecule has 1 atom stereocenters. The van der Waals surface area contributed by atoms with Gasteiger partial charge in [0.2, 0.25) is 0 Å². The highest BCUT2D eigenvalue weighted by Crippen LogP contribution is 2.14. The van der Waals surface area contributed by atoms with Gasteiger partial charge in [0, 0.05) is 25.7 Å². The molecular formula is C16H33N3O. The standard InChI is InChI=1S/C16H33N3O/c1-14(2)11-16(19-7-9-20-10-8-19)13-18-12-15-3-5-17-6-4-15/h14-18H,3-13H2,1-2H3. The highest BCUT2D eigenvalue weighted by atomic mass is 16.5. The number of piperidine rings is 1. The molecule has 0 aromatic rings. The molecule has 2 saturated heterocycles. The van der Waals surface area contributed by atoms with Crippen LogP contribution in [0.25, 0.3) is 0 Å². The third kappa shape index (κ3) is 5.68. The Kier molecular flexibility index (Phi) is 7.28. The Bertz CT molecular complexity index is 248. The van der Waals surface area contributed by atoms with Gasteiger partial charge in [-0.05, 0) is 50.7 Å². The lowest BCUT2D eigenvalue weighted by Gasteiger charge is -2.36. The summed E-state index contributed by atoms with van der Waals surface area (Å²) in [6.45, 7) is 13.4. The third-order valence-corrected chi connectivity index (χ3v) is 4.58. The van der Waals surface area contributed by atoms with Crippen LogP contribution in [-0.4, -0.2) is 63.4 Å². The average Bonchev–Trinajstić information content (AvgIpc) is 2.48. The Morgan fingerprint density at radius 1 is 1.20 bits per heavy atom. The normalized spacial score (nSPS) is 24.1. The number of morpholine rings is 1. The molecule has 0 aromatic carbocycles. The van der Waals surface area contributed by atoms with Crippen LogP contribution >= 0.6 is 0 Å². The zero-order chi connectivity index (χ0) is 14.2. The number of nitrogens with zero attached hydrogens (tertiary/aromatic N) is 1. The predicted octanol–water partition coefficient (Wildman–Crippen LogP) is 1.32. The fraction of sp³-hybridized carbons (Fsp3) is 1.00. The number of hydrogen-bond donors (Lipinski definition) is 2. The SMILES string of the molecule is CC(C)CC(CNCC1CCNCC1)N1CCOCC1. The van der Waals surface area contributed by atoms with Crippen molar-refractivity contribution in [1.82, 2.24) is 15.5 Å². The molecule has 4 heteroatoms. The summed E-state index contributed by atoms with van der Waals surface area (Å²) in [6, 6.07) is 0.681. The van der Waals surface area contributed by atoms with E-state index in [2.05, 4.69) is 29.4 Å². The number of nitrogens with one attached hydrogen (secondary N) is 2. The number of hydrogen-bond acceptors (Lipinski definition) is 4. The first-order valence-electron chi connectivity index (χ1n) is 8.49. The molecule has 1 unspecified atom stereocenters. The van der Waals surface area contributed by atoms with E-state index >= 15 is 0 Å². The molecule has 0 aliphatic carbocycles. The van der Waals surface area contributed by atoms with Crippen molar-refractivity contribution < 1.29 is 4.74 Å². The molecule has 0 aromatic heterocycles. The lowest BCUT2D eigenvalue weighted by molar-refractivity contribution is 0.0121. The minimum atomic E-state index is 0.681. The quantitative estimate of drug-likeness (QED) is 0.739. The number of ether oxygens (including phenoxy) is 1. The van der Waals surface area contributed by atoms with Crippen LogP contribution in [0.4, 0.5) is 0 Å². The summed E-state index contributed by atoms with van der Waals surface area (Å²) in [6.07, 6.45) is 3.96. The van der Waals surface area contributed by atoms with Gasteiger partial charge >= 0.3 is 0 Å². The Hall–Kier alpha value is -0.160. The van der Waals surface area contributed by atoms with Crippen molar-refractivity contribution in [3.63, 3.8) is 0 Å². The summed E-state index contributed by atoms with van der Waals surface area (Å²) in [5.74, 6) is 1.64. The van der Waals surface area contributed by atoms with E-state index in [-0.39, 0.29) is 0 Å². The molecule has 0 spiro atoms. The molecule has 0 amide bonds. The molecule has 2 aliphatic heterocycles. The fourth-order valence-corrected chi connectivity index (χ4v) is 3.39. The Morgan fingerprint density at radius 3 is 2.55 bits per heavy atom. The van der Waals surface area contributed by atoms with Crippen LogP contribution in [0.15, 0.2) is 0 Å². The first-order valence-corrected chi connectivity index (χ1v) is 8.49. The summed E-state index contributed by atoms with van der Waals surface area (Å²) in [5.41, 5.74) is 0. The Morgan fingerprint density at radius 2 is 1.90 bits per heavy atom. The lowest BCUT2D eigenvalue weighted by atomic mass is 9.97. The van der Waals surface area contributed by atoms with Crippen molar-refractivity contribution >= 4 is 0 Å². The first kappa shape index (κ1) is 16.2. The van der Waals surface area contributed by atoms with Gasteiger partial charge in [0.1, 0.15) is 0 Å². The highest BCUT2D eigenvalue weighted by Gasteiger charge is 2.22. The molecular weight excluding hydrogens is 250 g/mol. The van der Waals surface area contributed by atoms with E-state index in [9.17, 15) is 0 Å². The summed E-state index contributed by atoms with van der Waals surface area (Å²) in [4.78, 5) is 2.62. The van der Waals surface area contributed by atoms with Gasteiger partial charge in [0.25, 0.3) is 0 Å². The predicted molar refractivity (Wildman–Crippen MR) is 84.1 cm³/mol. The first-order chi connectivity index (χ1) is 9.75. The van der Waals surface area contributed by atoms with E-state index in [1.165, 1.54) is 38.9 Å². The zero-order valence-electron chi connectivity index (χ0n) is 13.4. The maximum Gasteiger partial charge on any atom is 0.0594 e. The summed E-state index contributed by atoms with van der Waals surface area (Å²) in [7, 11) is 0. The van der Waals surface area contributed by atoms with Gasteiger partial charge in [-0.3, -0.25) is 4.90 Å². The molecule has 2 heterocycles. The second-order valence-corrected chi connectivity index (χ2v) is 6.78. The average molecular weight is 283 g/mol. The minimum absolute atomic E-state index is 0.681. The lowest BCUT2D eigenvalue weighted by Crippen LogP contribution is -2.49.